The van der Waals surface area contributed by atoms with Gasteiger partial charge in [-0.3, -0.25) is 9.78 Å². The first-order chi connectivity index (χ1) is 17.9. The first-order valence-corrected chi connectivity index (χ1v) is 15.0. The van der Waals surface area contributed by atoms with Gasteiger partial charge in [0.05, 0.1) is 22.4 Å². The molecule has 6 rings (SSSR count). The Kier molecular flexibility index (Phi) is 6.25. The summed E-state index contributed by atoms with van der Waals surface area (Å²) in [6.07, 6.45) is 10.6. The van der Waals surface area contributed by atoms with E-state index in [0.29, 0.717) is 37.8 Å². The second-order valence-corrected chi connectivity index (χ2v) is 13.5. The standard InChI is InChI=1S/C29H32FN3O3S/c30-22-10-12-23(13-11-22)33-27-16-21-9-14-25(37(35,36)24-6-2-1-3-7-24)18-29(21,17-20(27)19-32-33)28(34)26-8-4-5-15-31-26/h4-5,8,10-13,15,19,21,24-25H,1-3,6-7,9,14,16-18H2/t21?,25-,29+/m1/s1. The molecule has 1 aromatic carbocycles. The Balaban J connectivity index is 1.39. The first-order valence-electron chi connectivity index (χ1n) is 13.4. The Bertz CT molecular complexity index is 1400. The molecule has 3 atom stereocenters. The molecule has 2 fully saturated rings. The van der Waals surface area contributed by atoms with E-state index in [1.54, 1.807) is 36.7 Å². The van der Waals surface area contributed by atoms with Crippen LogP contribution in [0, 0.1) is 17.2 Å². The first kappa shape index (κ1) is 24.5. The fourth-order valence-electron chi connectivity index (χ4n) is 7.06. The van der Waals surface area contributed by atoms with Gasteiger partial charge in [0.1, 0.15) is 11.5 Å². The van der Waals surface area contributed by atoms with Crippen LogP contribution in [-0.2, 0) is 22.7 Å². The van der Waals surface area contributed by atoms with Crippen LogP contribution in [-0.4, -0.2) is 39.5 Å². The number of halogens is 1. The van der Waals surface area contributed by atoms with Crippen molar-refractivity contribution >= 4 is 15.6 Å². The van der Waals surface area contributed by atoms with Gasteiger partial charge in [-0.05, 0) is 92.8 Å². The quantitative estimate of drug-likeness (QED) is 0.426. The molecular formula is C29H32FN3O3S. The smallest absolute Gasteiger partial charge is 0.187 e. The maximum Gasteiger partial charge on any atom is 0.187 e. The number of rotatable bonds is 5. The second-order valence-electron chi connectivity index (χ2n) is 11.0. The highest BCUT2D eigenvalue weighted by atomic mass is 32.2. The van der Waals surface area contributed by atoms with Crippen LogP contribution in [0.2, 0.25) is 0 Å². The highest BCUT2D eigenvalue weighted by molar-refractivity contribution is 7.92. The molecule has 6 nitrogen and oxygen atoms in total. The summed E-state index contributed by atoms with van der Waals surface area (Å²) in [5.74, 6) is -0.368. The molecule has 0 bridgehead atoms. The number of carbonyl (C=O) groups is 1. The number of nitrogens with zero attached hydrogens (tertiary/aromatic N) is 3. The number of Topliss-reactive ketones (excluding diaryl/α,β-unsaturated/α-hetero) is 1. The lowest BCUT2D eigenvalue weighted by Crippen LogP contribution is -2.52. The van der Waals surface area contributed by atoms with Gasteiger partial charge in [-0.1, -0.05) is 25.3 Å². The van der Waals surface area contributed by atoms with Crippen molar-refractivity contribution in [2.45, 2.75) is 74.7 Å². The molecular weight excluding hydrogens is 489 g/mol. The average Bonchev–Trinajstić information content (AvgIpc) is 3.34. The van der Waals surface area contributed by atoms with Gasteiger partial charge in [0.25, 0.3) is 0 Å². The van der Waals surface area contributed by atoms with Gasteiger partial charge in [0, 0.05) is 17.3 Å². The Morgan fingerprint density at radius 2 is 1.76 bits per heavy atom. The zero-order chi connectivity index (χ0) is 25.6. The van der Waals surface area contributed by atoms with Crippen molar-refractivity contribution in [3.8, 4) is 5.69 Å². The largest absolute Gasteiger partial charge is 0.292 e. The summed E-state index contributed by atoms with van der Waals surface area (Å²) in [6.45, 7) is 0. The maximum absolute atomic E-state index is 14.2. The fourth-order valence-corrected chi connectivity index (χ4v) is 9.59. The van der Waals surface area contributed by atoms with E-state index >= 15 is 0 Å². The van der Waals surface area contributed by atoms with Gasteiger partial charge in [0.15, 0.2) is 15.6 Å². The number of hydrogen-bond acceptors (Lipinski definition) is 5. The molecule has 0 amide bonds. The van der Waals surface area contributed by atoms with E-state index in [9.17, 15) is 17.6 Å². The van der Waals surface area contributed by atoms with Crippen molar-refractivity contribution in [2.75, 3.05) is 0 Å². The molecule has 0 saturated heterocycles. The molecule has 2 saturated carbocycles. The van der Waals surface area contributed by atoms with Gasteiger partial charge in [-0.15, -0.1) is 0 Å². The molecule has 0 N–H and O–H groups in total. The molecule has 1 unspecified atom stereocenters. The minimum atomic E-state index is -3.34. The van der Waals surface area contributed by atoms with Gasteiger partial charge < -0.3 is 0 Å². The molecule has 2 aromatic heterocycles. The number of sulfone groups is 1. The number of aromatic nitrogens is 3. The number of fused-ring (bicyclic) bond motifs is 2. The lowest BCUT2D eigenvalue weighted by Gasteiger charge is -2.48. The van der Waals surface area contributed by atoms with Gasteiger partial charge in [-0.2, -0.15) is 5.10 Å². The Morgan fingerprint density at radius 3 is 2.49 bits per heavy atom. The van der Waals surface area contributed by atoms with Crippen molar-refractivity contribution in [1.29, 1.82) is 0 Å². The highest BCUT2D eigenvalue weighted by Crippen LogP contribution is 2.53. The molecule has 3 aliphatic rings. The zero-order valence-corrected chi connectivity index (χ0v) is 21.7. The molecule has 0 aliphatic heterocycles. The summed E-state index contributed by atoms with van der Waals surface area (Å²) >= 11 is 0. The van der Waals surface area contributed by atoms with E-state index in [-0.39, 0.29) is 22.8 Å². The van der Waals surface area contributed by atoms with Crippen LogP contribution >= 0.6 is 0 Å². The van der Waals surface area contributed by atoms with E-state index in [0.717, 1.165) is 49.0 Å². The summed E-state index contributed by atoms with van der Waals surface area (Å²) in [5, 5.41) is 3.82. The summed E-state index contributed by atoms with van der Waals surface area (Å²) in [7, 11) is -3.34. The monoisotopic (exact) mass is 521 g/mol. The zero-order valence-electron chi connectivity index (χ0n) is 20.9. The molecule has 2 heterocycles. The van der Waals surface area contributed by atoms with Crippen molar-refractivity contribution in [1.82, 2.24) is 14.8 Å². The van der Waals surface area contributed by atoms with Gasteiger partial charge in [0.2, 0.25) is 0 Å². The second kappa shape index (κ2) is 9.46. The highest BCUT2D eigenvalue weighted by Gasteiger charge is 2.55. The van der Waals surface area contributed by atoms with Crippen molar-refractivity contribution < 1.29 is 17.6 Å². The number of benzene rings is 1. The van der Waals surface area contributed by atoms with Crippen LogP contribution in [0.25, 0.3) is 5.69 Å². The lowest BCUT2D eigenvalue weighted by atomic mass is 9.56. The Morgan fingerprint density at radius 1 is 0.973 bits per heavy atom. The topological polar surface area (TPSA) is 81.9 Å². The Hall–Kier alpha value is -2.87. The molecule has 37 heavy (non-hydrogen) atoms. The summed E-state index contributed by atoms with van der Waals surface area (Å²) in [6, 6.07) is 11.6. The van der Waals surface area contributed by atoms with Crippen LogP contribution in [0.4, 0.5) is 4.39 Å². The van der Waals surface area contributed by atoms with Crippen LogP contribution in [0.1, 0.15) is 73.1 Å². The van der Waals surface area contributed by atoms with Crippen LogP contribution in [0.15, 0.2) is 54.9 Å². The summed E-state index contributed by atoms with van der Waals surface area (Å²) < 4.78 is 43.0. The van der Waals surface area contributed by atoms with Crippen LogP contribution < -0.4 is 0 Å². The molecule has 3 aromatic rings. The minimum Gasteiger partial charge on any atom is -0.292 e. The number of pyridine rings is 1. The predicted octanol–water partition coefficient (Wildman–Crippen LogP) is 5.29. The molecule has 8 heteroatoms. The van der Waals surface area contributed by atoms with E-state index in [1.165, 1.54) is 12.1 Å². The third-order valence-electron chi connectivity index (χ3n) is 9.01. The normalized spacial score (nSPS) is 26.3. The Labute approximate surface area is 217 Å². The SMILES string of the molecule is O=C(c1ccccn1)[C@]12Cc3cnn(-c4ccc(F)cc4)c3CC1CC[C@@H](S(=O)(=O)C1CCCCC1)C2. The number of ketones is 1. The van der Waals surface area contributed by atoms with Crippen LogP contribution in [0.5, 0.6) is 0 Å². The lowest BCUT2D eigenvalue weighted by molar-refractivity contribution is 0.0487. The van der Waals surface area contributed by atoms with Crippen molar-refractivity contribution in [3.63, 3.8) is 0 Å². The maximum atomic E-state index is 14.2. The third kappa shape index (κ3) is 4.23. The molecule has 0 spiro atoms. The van der Waals surface area contributed by atoms with Gasteiger partial charge in [-0.25, -0.2) is 17.5 Å². The number of carbonyl (C=O) groups excluding carboxylic acids is 1. The third-order valence-corrected chi connectivity index (χ3v) is 11.7. The number of hydrogen-bond donors (Lipinski definition) is 0. The van der Waals surface area contributed by atoms with E-state index in [2.05, 4.69) is 10.1 Å². The fraction of sp³-hybridized carbons (Fsp3) is 0.483. The molecule has 194 valence electrons. The van der Waals surface area contributed by atoms with E-state index in [4.69, 9.17) is 0 Å². The van der Waals surface area contributed by atoms with Crippen molar-refractivity contribution in [2.24, 2.45) is 11.3 Å². The van der Waals surface area contributed by atoms with E-state index in [1.807, 2.05) is 10.7 Å². The minimum absolute atomic E-state index is 0.0109. The van der Waals surface area contributed by atoms with Crippen LogP contribution in [0.3, 0.4) is 0 Å². The molecule has 3 aliphatic carbocycles. The van der Waals surface area contributed by atoms with E-state index < -0.39 is 20.5 Å². The van der Waals surface area contributed by atoms with Gasteiger partial charge >= 0.3 is 0 Å². The average molecular weight is 522 g/mol. The summed E-state index contributed by atoms with van der Waals surface area (Å²) in [5.41, 5.74) is 2.33. The molecule has 0 radical (unpaired) electrons. The summed E-state index contributed by atoms with van der Waals surface area (Å²) in [4.78, 5) is 18.6. The predicted molar refractivity (Wildman–Crippen MR) is 139 cm³/mol. The van der Waals surface area contributed by atoms with Crippen molar-refractivity contribution in [3.05, 3.63) is 77.6 Å².